The van der Waals surface area contributed by atoms with Crippen LogP contribution in [0, 0.1) is 13.8 Å². The lowest BCUT2D eigenvalue weighted by Crippen LogP contribution is -2.25. The maximum atomic E-state index is 12.7. The highest BCUT2D eigenvalue weighted by Crippen LogP contribution is 2.21. The molecule has 0 saturated carbocycles. The lowest BCUT2D eigenvalue weighted by molar-refractivity contribution is 0.0316. The van der Waals surface area contributed by atoms with Gasteiger partial charge in [-0.2, -0.15) is 5.10 Å². The topological polar surface area (TPSA) is 116 Å². The molecule has 0 unspecified atom stereocenters. The number of aromatic nitrogens is 4. The van der Waals surface area contributed by atoms with E-state index in [1.54, 1.807) is 42.8 Å². The summed E-state index contributed by atoms with van der Waals surface area (Å²) in [6, 6.07) is 6.55. The average molecular weight is 396 g/mol. The van der Waals surface area contributed by atoms with Crippen LogP contribution in [0.5, 0.6) is 0 Å². The smallest absolute Gasteiger partial charge is 0.339 e. The molecule has 1 atom stereocenters. The van der Waals surface area contributed by atoms with Crippen LogP contribution in [-0.2, 0) is 9.47 Å². The van der Waals surface area contributed by atoms with Gasteiger partial charge in [-0.05, 0) is 50.6 Å². The number of aryl methyl sites for hydroxylation is 1. The van der Waals surface area contributed by atoms with E-state index in [2.05, 4.69) is 15.1 Å². The van der Waals surface area contributed by atoms with Gasteiger partial charge in [-0.1, -0.05) is 0 Å². The van der Waals surface area contributed by atoms with Crippen molar-refractivity contribution in [3.05, 3.63) is 65.0 Å². The molecule has 0 amide bonds. The van der Waals surface area contributed by atoms with Crippen LogP contribution >= 0.6 is 0 Å². The van der Waals surface area contributed by atoms with Gasteiger partial charge in [0.25, 0.3) is 0 Å². The molecule has 1 N–H and O–H groups in total. The third-order valence-corrected chi connectivity index (χ3v) is 4.51. The van der Waals surface area contributed by atoms with E-state index in [4.69, 9.17) is 9.47 Å². The van der Waals surface area contributed by atoms with Crippen LogP contribution in [0.1, 0.15) is 49.4 Å². The molecule has 0 spiro atoms. The van der Waals surface area contributed by atoms with E-state index in [9.17, 15) is 14.4 Å². The molecular weight excluding hydrogens is 376 g/mol. The van der Waals surface area contributed by atoms with Crippen LogP contribution in [0.25, 0.3) is 5.69 Å². The zero-order chi connectivity index (χ0) is 21.1. The van der Waals surface area contributed by atoms with Gasteiger partial charge in [0.15, 0.2) is 6.10 Å². The molecule has 3 rings (SSSR count). The fourth-order valence-electron chi connectivity index (χ4n) is 2.98. The Morgan fingerprint density at radius 2 is 1.79 bits per heavy atom. The molecule has 0 radical (unpaired) electrons. The van der Waals surface area contributed by atoms with Crippen molar-refractivity contribution in [2.24, 2.45) is 0 Å². The number of ether oxygens (including phenoxy) is 2. The van der Waals surface area contributed by atoms with Crippen molar-refractivity contribution in [3.8, 4) is 5.69 Å². The second-order valence-electron chi connectivity index (χ2n) is 6.42. The van der Waals surface area contributed by atoms with Crippen molar-refractivity contribution < 1.29 is 23.9 Å². The molecule has 0 saturated heterocycles. The SMILES string of the molecule is COC(=O)c1c(C)[nH]c(C(=O)[C@H](C)OC(=O)c2ccc(-n3cncn3)cc2)c1C. The maximum Gasteiger partial charge on any atom is 0.339 e. The highest BCUT2D eigenvalue weighted by Gasteiger charge is 2.27. The van der Waals surface area contributed by atoms with E-state index in [1.807, 2.05) is 0 Å². The normalized spacial score (nSPS) is 11.7. The lowest BCUT2D eigenvalue weighted by Gasteiger charge is -2.12. The number of nitrogens with zero attached hydrogens (tertiary/aromatic N) is 3. The molecule has 0 fully saturated rings. The molecule has 150 valence electrons. The third-order valence-electron chi connectivity index (χ3n) is 4.51. The van der Waals surface area contributed by atoms with E-state index in [0.717, 1.165) is 5.69 Å². The van der Waals surface area contributed by atoms with Crippen molar-refractivity contribution in [2.75, 3.05) is 7.11 Å². The summed E-state index contributed by atoms with van der Waals surface area (Å²) in [5, 5.41) is 4.01. The number of ketones is 1. The number of nitrogens with one attached hydrogen (secondary N) is 1. The van der Waals surface area contributed by atoms with Gasteiger partial charge in [0.1, 0.15) is 12.7 Å². The fraction of sp³-hybridized carbons (Fsp3) is 0.250. The number of rotatable bonds is 6. The number of Topliss-reactive ketones (excluding diaryl/α,β-unsaturated/α-hetero) is 1. The predicted molar refractivity (Wildman–Crippen MR) is 102 cm³/mol. The number of hydrogen-bond acceptors (Lipinski definition) is 7. The van der Waals surface area contributed by atoms with E-state index in [-0.39, 0.29) is 5.69 Å². The van der Waals surface area contributed by atoms with Gasteiger partial charge in [0.2, 0.25) is 5.78 Å². The van der Waals surface area contributed by atoms with E-state index in [0.29, 0.717) is 22.4 Å². The Morgan fingerprint density at radius 3 is 2.38 bits per heavy atom. The van der Waals surface area contributed by atoms with E-state index < -0.39 is 23.8 Å². The maximum absolute atomic E-state index is 12.7. The largest absolute Gasteiger partial charge is 0.465 e. The van der Waals surface area contributed by atoms with E-state index in [1.165, 1.54) is 26.7 Å². The van der Waals surface area contributed by atoms with Crippen LogP contribution in [0.15, 0.2) is 36.9 Å². The monoisotopic (exact) mass is 396 g/mol. The standard InChI is InChI=1S/C20H20N4O5/c1-11-16(20(27)28-4)12(2)23-17(11)18(25)13(3)29-19(26)14-5-7-15(8-6-14)24-10-21-9-22-24/h5-10,13,23H,1-4H3/t13-/m0/s1. The van der Waals surface area contributed by atoms with Gasteiger partial charge in [-0.3, -0.25) is 4.79 Å². The van der Waals surface area contributed by atoms with Crippen molar-refractivity contribution in [1.82, 2.24) is 19.7 Å². The van der Waals surface area contributed by atoms with Gasteiger partial charge < -0.3 is 14.5 Å². The molecule has 0 aliphatic carbocycles. The first-order chi connectivity index (χ1) is 13.8. The Morgan fingerprint density at radius 1 is 1.10 bits per heavy atom. The minimum Gasteiger partial charge on any atom is -0.465 e. The summed E-state index contributed by atoms with van der Waals surface area (Å²) in [5.74, 6) is -1.61. The Hall–Kier alpha value is -3.75. The van der Waals surface area contributed by atoms with Gasteiger partial charge >= 0.3 is 11.9 Å². The van der Waals surface area contributed by atoms with Crippen molar-refractivity contribution >= 4 is 17.7 Å². The van der Waals surface area contributed by atoms with Gasteiger partial charge in [0, 0.05) is 5.69 Å². The fourth-order valence-corrected chi connectivity index (χ4v) is 2.98. The van der Waals surface area contributed by atoms with Crippen LogP contribution in [0.2, 0.25) is 0 Å². The summed E-state index contributed by atoms with van der Waals surface area (Å²) in [6.45, 7) is 4.79. The summed E-state index contributed by atoms with van der Waals surface area (Å²) in [4.78, 5) is 43.8. The number of hydrogen-bond donors (Lipinski definition) is 1. The quantitative estimate of drug-likeness (QED) is 0.502. The summed E-state index contributed by atoms with van der Waals surface area (Å²) in [5.41, 5.74) is 2.52. The number of carbonyl (C=O) groups is 3. The molecule has 2 heterocycles. The molecule has 29 heavy (non-hydrogen) atoms. The highest BCUT2D eigenvalue weighted by molar-refractivity contribution is 6.04. The molecule has 1 aromatic carbocycles. The molecular formula is C20H20N4O5. The highest BCUT2D eigenvalue weighted by atomic mass is 16.5. The number of esters is 2. The second kappa shape index (κ2) is 8.09. The first kappa shape index (κ1) is 20.0. The Bertz CT molecular complexity index is 1050. The minimum atomic E-state index is -1.04. The lowest BCUT2D eigenvalue weighted by atomic mass is 10.1. The molecule has 3 aromatic rings. The summed E-state index contributed by atoms with van der Waals surface area (Å²) in [6.07, 6.45) is 1.91. The van der Waals surface area contributed by atoms with Crippen LogP contribution < -0.4 is 0 Å². The Kier molecular flexibility index (Phi) is 5.58. The number of aromatic amines is 1. The van der Waals surface area contributed by atoms with Crippen molar-refractivity contribution in [2.45, 2.75) is 26.9 Å². The third kappa shape index (κ3) is 3.93. The summed E-state index contributed by atoms with van der Waals surface area (Å²) in [7, 11) is 1.27. The van der Waals surface area contributed by atoms with Crippen molar-refractivity contribution in [1.29, 1.82) is 0 Å². The van der Waals surface area contributed by atoms with Crippen LogP contribution in [-0.4, -0.2) is 50.7 Å². The molecule has 0 aliphatic rings. The number of methoxy groups -OCH3 is 1. The number of benzene rings is 1. The summed E-state index contributed by atoms with van der Waals surface area (Å²) < 4.78 is 11.6. The van der Waals surface area contributed by atoms with Gasteiger partial charge in [-0.15, -0.1) is 0 Å². The molecule has 9 heteroatoms. The van der Waals surface area contributed by atoms with E-state index >= 15 is 0 Å². The molecule has 9 nitrogen and oxygen atoms in total. The van der Waals surface area contributed by atoms with Crippen LogP contribution in [0.3, 0.4) is 0 Å². The first-order valence-corrected chi connectivity index (χ1v) is 8.81. The van der Waals surface area contributed by atoms with Crippen LogP contribution in [0.4, 0.5) is 0 Å². The minimum absolute atomic E-state index is 0.213. The summed E-state index contributed by atoms with van der Waals surface area (Å²) >= 11 is 0. The first-order valence-electron chi connectivity index (χ1n) is 8.81. The predicted octanol–water partition coefficient (Wildman–Crippen LogP) is 2.43. The molecule has 2 aromatic heterocycles. The average Bonchev–Trinajstić information content (AvgIpc) is 3.35. The van der Waals surface area contributed by atoms with Crippen molar-refractivity contribution in [3.63, 3.8) is 0 Å². The van der Waals surface area contributed by atoms with Gasteiger partial charge in [0.05, 0.1) is 29.6 Å². The van der Waals surface area contributed by atoms with Gasteiger partial charge in [-0.25, -0.2) is 19.3 Å². The zero-order valence-electron chi connectivity index (χ0n) is 16.4. The zero-order valence-corrected chi connectivity index (χ0v) is 16.4. The Balaban J connectivity index is 1.73. The number of carbonyl (C=O) groups excluding carboxylic acids is 3. The molecule has 0 bridgehead atoms. The Labute approximate surface area is 166 Å². The molecule has 0 aliphatic heterocycles. The second-order valence-corrected chi connectivity index (χ2v) is 6.42. The number of H-pyrrole nitrogens is 1.